The van der Waals surface area contributed by atoms with Gasteiger partial charge >= 0.3 is 6.09 Å². The summed E-state index contributed by atoms with van der Waals surface area (Å²) in [6.07, 6.45) is -0.130. The molecule has 0 unspecified atom stereocenters. The molecule has 0 bridgehead atoms. The number of fused-ring (bicyclic) bond motifs is 1. The number of nitrogens with one attached hydrogen (secondary N) is 1. The maximum absolute atomic E-state index is 12.5. The van der Waals surface area contributed by atoms with Crippen LogP contribution in [0.3, 0.4) is 0 Å². The molecule has 0 saturated carbocycles. The third-order valence-corrected chi connectivity index (χ3v) is 4.42. The highest BCUT2D eigenvalue weighted by Crippen LogP contribution is 2.21. The van der Waals surface area contributed by atoms with Crippen LogP contribution in [0.4, 0.5) is 4.79 Å². The second kappa shape index (κ2) is 8.39. The third-order valence-electron chi connectivity index (χ3n) is 3.57. The summed E-state index contributed by atoms with van der Waals surface area (Å²) in [6, 6.07) is 13.4. The number of ether oxygens (including phenoxy) is 1. The number of carbonyl (C=O) groups is 2. The second-order valence-corrected chi connectivity index (χ2v) is 8.06. The molecule has 2 rings (SSSR count). The first-order chi connectivity index (χ1) is 11.8. The maximum Gasteiger partial charge on any atom is 0.408 e. The van der Waals surface area contributed by atoms with Crippen molar-refractivity contribution in [2.24, 2.45) is 0 Å². The average Bonchev–Trinajstić information content (AvgIpc) is 2.53. The Morgan fingerprint density at radius 3 is 2.48 bits per heavy atom. The van der Waals surface area contributed by atoms with E-state index in [1.165, 1.54) is 11.8 Å². The average molecular weight is 359 g/mol. The van der Waals surface area contributed by atoms with Gasteiger partial charge in [0.2, 0.25) is 5.12 Å². The van der Waals surface area contributed by atoms with Gasteiger partial charge in [-0.15, -0.1) is 0 Å². The fourth-order valence-corrected chi connectivity index (χ4v) is 3.20. The lowest BCUT2D eigenvalue weighted by Gasteiger charge is -2.23. The number of hydrogen-bond acceptors (Lipinski definition) is 4. The normalized spacial score (nSPS) is 12.6. The van der Waals surface area contributed by atoms with Crippen molar-refractivity contribution in [3.63, 3.8) is 0 Å². The van der Waals surface area contributed by atoms with Crippen LogP contribution in [0.15, 0.2) is 42.5 Å². The van der Waals surface area contributed by atoms with Crippen molar-refractivity contribution in [3.8, 4) is 0 Å². The van der Waals surface area contributed by atoms with E-state index in [2.05, 4.69) is 5.32 Å². The molecule has 0 spiro atoms. The van der Waals surface area contributed by atoms with Crippen LogP contribution in [0.5, 0.6) is 0 Å². The van der Waals surface area contributed by atoms with Crippen molar-refractivity contribution in [3.05, 3.63) is 48.0 Å². The largest absolute Gasteiger partial charge is 0.444 e. The lowest BCUT2D eigenvalue weighted by molar-refractivity contribution is -0.112. The minimum absolute atomic E-state index is 0.0544. The molecule has 0 aliphatic carbocycles. The number of benzene rings is 2. The Labute approximate surface area is 153 Å². The predicted molar refractivity (Wildman–Crippen MR) is 104 cm³/mol. The van der Waals surface area contributed by atoms with Crippen molar-refractivity contribution in [1.29, 1.82) is 0 Å². The molecule has 4 nitrogen and oxygen atoms in total. The Kier molecular flexibility index (Phi) is 6.48. The summed E-state index contributed by atoms with van der Waals surface area (Å²) in [7, 11) is 0. The smallest absolute Gasteiger partial charge is 0.408 e. The van der Waals surface area contributed by atoms with Crippen LogP contribution in [0.2, 0.25) is 0 Å². The molecule has 0 aliphatic rings. The number of hydrogen-bond donors (Lipinski definition) is 1. The van der Waals surface area contributed by atoms with E-state index in [0.29, 0.717) is 12.2 Å². The molecule has 25 heavy (non-hydrogen) atoms. The Morgan fingerprint density at radius 1 is 1.12 bits per heavy atom. The molecule has 0 fully saturated rings. The minimum atomic E-state index is -0.620. The van der Waals surface area contributed by atoms with E-state index >= 15 is 0 Å². The second-order valence-electron chi connectivity index (χ2n) is 6.79. The first-order valence-corrected chi connectivity index (χ1v) is 9.41. The highest BCUT2D eigenvalue weighted by molar-refractivity contribution is 8.13. The van der Waals surface area contributed by atoms with Crippen molar-refractivity contribution in [2.75, 3.05) is 5.75 Å². The van der Waals surface area contributed by atoms with E-state index in [-0.39, 0.29) is 5.12 Å². The zero-order valence-electron chi connectivity index (χ0n) is 15.2. The van der Waals surface area contributed by atoms with Gasteiger partial charge in [0.25, 0.3) is 0 Å². The quantitative estimate of drug-likeness (QED) is 0.850. The molecule has 2 aromatic rings. The van der Waals surface area contributed by atoms with E-state index in [1.54, 1.807) is 20.8 Å². The summed E-state index contributed by atoms with van der Waals surface area (Å²) in [4.78, 5) is 24.6. The number of alkyl carbamates (subject to hydrolysis) is 1. The topological polar surface area (TPSA) is 55.4 Å². The van der Waals surface area contributed by atoms with Crippen LogP contribution in [0, 0.1) is 0 Å². The fourth-order valence-electron chi connectivity index (χ4n) is 2.58. The van der Waals surface area contributed by atoms with E-state index in [9.17, 15) is 9.59 Å². The van der Waals surface area contributed by atoms with Crippen LogP contribution in [-0.2, 0) is 16.0 Å². The molecule has 134 valence electrons. The predicted octanol–water partition coefficient (Wildman–Crippen LogP) is 4.56. The third kappa shape index (κ3) is 5.78. The zero-order valence-corrected chi connectivity index (χ0v) is 16.0. The van der Waals surface area contributed by atoms with Gasteiger partial charge in [0.1, 0.15) is 11.6 Å². The van der Waals surface area contributed by atoms with Gasteiger partial charge in [-0.2, -0.15) is 0 Å². The molecule has 0 saturated heterocycles. The molecule has 1 N–H and O–H groups in total. The van der Waals surface area contributed by atoms with Crippen molar-refractivity contribution in [2.45, 2.75) is 45.8 Å². The standard InChI is InChI=1S/C20H25NO3S/c1-5-25-18(22)17(21-19(23)24-20(2,3)4)13-15-11-8-10-14-9-6-7-12-16(14)15/h6-12,17H,5,13H2,1-4H3,(H,21,23)/t17-/m1/s1. The molecule has 1 amide bonds. The molecule has 0 aromatic heterocycles. The maximum atomic E-state index is 12.5. The van der Waals surface area contributed by atoms with Gasteiger partial charge < -0.3 is 10.1 Å². The Bertz CT molecular complexity index is 747. The van der Waals surface area contributed by atoms with Crippen LogP contribution < -0.4 is 5.32 Å². The van der Waals surface area contributed by atoms with Crippen LogP contribution >= 0.6 is 11.8 Å². The van der Waals surface area contributed by atoms with Crippen molar-refractivity contribution >= 4 is 33.7 Å². The zero-order chi connectivity index (χ0) is 18.4. The summed E-state index contributed by atoms with van der Waals surface area (Å²) in [5.74, 6) is 0.668. The highest BCUT2D eigenvalue weighted by Gasteiger charge is 2.25. The van der Waals surface area contributed by atoms with Gasteiger partial charge in [-0.25, -0.2) is 4.79 Å². The summed E-state index contributed by atoms with van der Waals surface area (Å²) in [5, 5.41) is 4.90. The van der Waals surface area contributed by atoms with E-state index < -0.39 is 17.7 Å². The monoisotopic (exact) mass is 359 g/mol. The summed E-state index contributed by atoms with van der Waals surface area (Å²) in [5.41, 5.74) is 0.430. The highest BCUT2D eigenvalue weighted by atomic mass is 32.2. The number of carbonyl (C=O) groups excluding carboxylic acids is 2. The first-order valence-electron chi connectivity index (χ1n) is 8.43. The van der Waals surface area contributed by atoms with Gasteiger partial charge in [-0.3, -0.25) is 4.79 Å². The lowest BCUT2D eigenvalue weighted by Crippen LogP contribution is -2.44. The molecule has 1 atom stereocenters. The SMILES string of the molecule is CCSC(=O)[C@@H](Cc1cccc2ccccc12)NC(=O)OC(C)(C)C. The van der Waals surface area contributed by atoms with Crippen LogP contribution in [0.25, 0.3) is 10.8 Å². The fraction of sp³-hybridized carbons (Fsp3) is 0.400. The Hall–Kier alpha value is -2.01. The van der Waals surface area contributed by atoms with E-state index in [0.717, 1.165) is 16.3 Å². The van der Waals surface area contributed by atoms with Gasteiger partial charge in [-0.1, -0.05) is 61.2 Å². The summed E-state index contributed by atoms with van der Waals surface area (Å²) < 4.78 is 5.31. The van der Waals surface area contributed by atoms with E-state index in [1.807, 2.05) is 49.4 Å². The molecule has 0 heterocycles. The first kappa shape index (κ1) is 19.3. The van der Waals surface area contributed by atoms with Crippen molar-refractivity contribution < 1.29 is 14.3 Å². The van der Waals surface area contributed by atoms with Crippen LogP contribution in [-0.4, -0.2) is 28.6 Å². The summed E-state index contributed by atoms with van der Waals surface area (Å²) in [6.45, 7) is 7.32. The number of amides is 1. The molecular weight excluding hydrogens is 334 g/mol. The summed E-state index contributed by atoms with van der Waals surface area (Å²) >= 11 is 1.21. The molecule has 0 aliphatic heterocycles. The Morgan fingerprint density at radius 2 is 1.80 bits per heavy atom. The van der Waals surface area contributed by atoms with E-state index in [4.69, 9.17) is 4.74 Å². The van der Waals surface area contributed by atoms with Gasteiger partial charge in [0, 0.05) is 6.42 Å². The molecule has 2 aromatic carbocycles. The van der Waals surface area contributed by atoms with Gasteiger partial charge in [-0.05, 0) is 42.9 Å². The number of rotatable bonds is 5. The molecular formula is C20H25NO3S. The number of thioether (sulfide) groups is 1. The van der Waals surface area contributed by atoms with Crippen molar-refractivity contribution in [1.82, 2.24) is 5.32 Å². The van der Waals surface area contributed by atoms with Gasteiger partial charge in [0.05, 0.1) is 0 Å². The van der Waals surface area contributed by atoms with Gasteiger partial charge in [0.15, 0.2) is 0 Å². The molecule has 5 heteroatoms. The molecule has 0 radical (unpaired) electrons. The minimum Gasteiger partial charge on any atom is -0.444 e. The lowest BCUT2D eigenvalue weighted by atomic mass is 9.99. The Balaban J connectivity index is 2.23. The van der Waals surface area contributed by atoms with Crippen LogP contribution in [0.1, 0.15) is 33.3 Å².